The number of amides is 2. The van der Waals surface area contributed by atoms with Crippen LogP contribution in [-0.2, 0) is 26.2 Å². The van der Waals surface area contributed by atoms with Gasteiger partial charge >= 0.3 is 0 Å². The summed E-state index contributed by atoms with van der Waals surface area (Å²) in [5, 5.41) is 3.58. The first kappa shape index (κ1) is 29.9. The van der Waals surface area contributed by atoms with Crippen LogP contribution in [0.5, 0.6) is 0 Å². The number of nitrogens with zero attached hydrogens (tertiary/aromatic N) is 2. The summed E-state index contributed by atoms with van der Waals surface area (Å²) in [6.07, 6.45) is 1.78. The molecule has 0 saturated heterocycles. The summed E-state index contributed by atoms with van der Waals surface area (Å²) in [6.45, 7) is 8.78. The normalized spacial score (nSPS) is 13.2. The molecule has 0 aromatic heterocycles. The molecule has 0 aliphatic heterocycles. The average molecular weight is 557 g/mol. The molecular formula is C26H35Cl2N3O4S. The van der Waals surface area contributed by atoms with Crippen molar-refractivity contribution in [2.24, 2.45) is 0 Å². The number of sulfonamides is 1. The van der Waals surface area contributed by atoms with Crippen LogP contribution in [0.15, 0.2) is 42.5 Å². The fraction of sp³-hybridized carbons (Fsp3) is 0.462. The molecule has 10 heteroatoms. The summed E-state index contributed by atoms with van der Waals surface area (Å²) in [5.41, 5.74) is 1.70. The van der Waals surface area contributed by atoms with Gasteiger partial charge in [0.2, 0.25) is 21.8 Å². The van der Waals surface area contributed by atoms with Crippen molar-refractivity contribution in [1.29, 1.82) is 0 Å². The van der Waals surface area contributed by atoms with E-state index in [1.54, 1.807) is 37.3 Å². The first-order chi connectivity index (χ1) is 16.8. The van der Waals surface area contributed by atoms with Gasteiger partial charge in [-0.25, -0.2) is 8.42 Å². The second kappa shape index (κ2) is 12.8. The molecule has 198 valence electrons. The molecule has 0 unspecified atom stereocenters. The Bertz CT molecular complexity index is 1170. The average Bonchev–Trinajstić information content (AvgIpc) is 2.80. The Labute approximate surface area is 224 Å². The van der Waals surface area contributed by atoms with Crippen LogP contribution in [0.1, 0.15) is 58.1 Å². The largest absolute Gasteiger partial charge is 0.352 e. The molecule has 2 rings (SSSR count). The third-order valence-corrected chi connectivity index (χ3v) is 7.90. The van der Waals surface area contributed by atoms with Gasteiger partial charge in [0, 0.05) is 28.2 Å². The zero-order valence-electron chi connectivity index (χ0n) is 21.6. The van der Waals surface area contributed by atoms with Gasteiger partial charge in [0.25, 0.3) is 0 Å². The molecule has 0 fully saturated rings. The van der Waals surface area contributed by atoms with E-state index in [0.29, 0.717) is 21.3 Å². The molecular weight excluding hydrogens is 521 g/mol. The van der Waals surface area contributed by atoms with Crippen LogP contribution >= 0.6 is 23.2 Å². The van der Waals surface area contributed by atoms with Gasteiger partial charge in [-0.1, -0.05) is 68.2 Å². The zero-order chi connectivity index (χ0) is 27.2. The predicted octanol–water partition coefficient (Wildman–Crippen LogP) is 5.21. The Kier molecular flexibility index (Phi) is 10.6. The molecule has 0 bridgehead atoms. The maximum absolute atomic E-state index is 13.7. The molecule has 0 heterocycles. The van der Waals surface area contributed by atoms with E-state index in [1.807, 2.05) is 39.8 Å². The van der Waals surface area contributed by atoms with Crippen molar-refractivity contribution >= 4 is 50.7 Å². The maximum atomic E-state index is 13.7. The van der Waals surface area contributed by atoms with E-state index in [9.17, 15) is 18.0 Å². The highest BCUT2D eigenvalue weighted by Gasteiger charge is 2.32. The first-order valence-corrected chi connectivity index (χ1v) is 14.5. The molecule has 2 aromatic rings. The monoisotopic (exact) mass is 555 g/mol. The Morgan fingerprint density at radius 1 is 0.972 bits per heavy atom. The van der Waals surface area contributed by atoms with Crippen molar-refractivity contribution in [3.8, 4) is 0 Å². The lowest BCUT2D eigenvalue weighted by atomic mass is 10.0. The molecule has 0 spiro atoms. The quantitative estimate of drug-likeness (QED) is 0.412. The van der Waals surface area contributed by atoms with E-state index >= 15 is 0 Å². The number of nitrogens with one attached hydrogen (secondary N) is 1. The Morgan fingerprint density at radius 2 is 1.56 bits per heavy atom. The van der Waals surface area contributed by atoms with E-state index in [4.69, 9.17) is 23.2 Å². The first-order valence-electron chi connectivity index (χ1n) is 11.9. The Hall–Kier alpha value is -2.29. The van der Waals surface area contributed by atoms with Crippen molar-refractivity contribution in [3.63, 3.8) is 0 Å². The van der Waals surface area contributed by atoms with Crippen LogP contribution in [0, 0.1) is 0 Å². The van der Waals surface area contributed by atoms with Crippen molar-refractivity contribution < 1.29 is 18.0 Å². The van der Waals surface area contributed by atoms with E-state index < -0.39 is 28.5 Å². The Balaban J connectivity index is 2.51. The third kappa shape index (κ3) is 7.60. The van der Waals surface area contributed by atoms with Gasteiger partial charge in [0.15, 0.2) is 0 Å². The van der Waals surface area contributed by atoms with Gasteiger partial charge in [-0.15, -0.1) is 0 Å². The summed E-state index contributed by atoms with van der Waals surface area (Å²) < 4.78 is 26.8. The lowest BCUT2D eigenvalue weighted by Crippen LogP contribution is -2.52. The second-order valence-corrected chi connectivity index (χ2v) is 11.9. The summed E-state index contributed by atoms with van der Waals surface area (Å²) in [6, 6.07) is 11.1. The molecule has 0 saturated carbocycles. The number of rotatable bonds is 11. The predicted molar refractivity (Wildman–Crippen MR) is 147 cm³/mol. The smallest absolute Gasteiger partial charge is 0.244 e. The summed E-state index contributed by atoms with van der Waals surface area (Å²) in [7, 11) is -3.83. The third-order valence-electron chi connectivity index (χ3n) is 6.07. The molecule has 0 aliphatic carbocycles. The number of hydrogen-bond acceptors (Lipinski definition) is 4. The molecule has 2 amide bonds. The fourth-order valence-corrected chi connectivity index (χ4v) is 5.08. The maximum Gasteiger partial charge on any atom is 0.244 e. The standard InChI is InChI=1S/C26H35Cl2N3O4S/c1-7-18(4)29-26(33)19(5)30(15-21-22(27)12-10-13-23(21)28)25(32)16-31(36(6,34)35)24-14-9-8-11-20(24)17(2)3/h8-14,17-19H,7,15-16H2,1-6H3,(H,29,33)/t18-,19-/m0/s1. The second-order valence-electron chi connectivity index (χ2n) is 9.20. The summed E-state index contributed by atoms with van der Waals surface area (Å²) in [4.78, 5) is 28.1. The number of anilines is 1. The van der Waals surface area contributed by atoms with Gasteiger partial charge in [-0.2, -0.15) is 0 Å². The lowest BCUT2D eigenvalue weighted by Gasteiger charge is -2.33. The zero-order valence-corrected chi connectivity index (χ0v) is 23.9. The number of carbonyl (C=O) groups is 2. The van der Waals surface area contributed by atoms with E-state index in [0.717, 1.165) is 22.5 Å². The van der Waals surface area contributed by atoms with Crippen molar-refractivity contribution in [2.75, 3.05) is 17.1 Å². The number of benzene rings is 2. The van der Waals surface area contributed by atoms with E-state index in [-0.39, 0.29) is 24.4 Å². The molecule has 7 nitrogen and oxygen atoms in total. The van der Waals surface area contributed by atoms with Crippen LogP contribution in [0.25, 0.3) is 0 Å². The number of halogens is 2. The topological polar surface area (TPSA) is 86.8 Å². The lowest BCUT2D eigenvalue weighted by molar-refractivity contribution is -0.139. The highest BCUT2D eigenvalue weighted by Crippen LogP contribution is 2.30. The van der Waals surface area contributed by atoms with Crippen molar-refractivity contribution in [1.82, 2.24) is 10.2 Å². The summed E-state index contributed by atoms with van der Waals surface area (Å²) in [5.74, 6) is -0.880. The van der Waals surface area contributed by atoms with Crippen LogP contribution in [0.3, 0.4) is 0 Å². The summed E-state index contributed by atoms with van der Waals surface area (Å²) >= 11 is 12.7. The molecule has 0 radical (unpaired) electrons. The van der Waals surface area contributed by atoms with Crippen LogP contribution in [0.4, 0.5) is 5.69 Å². The molecule has 1 N–H and O–H groups in total. The van der Waals surface area contributed by atoms with E-state index in [2.05, 4.69) is 5.32 Å². The fourth-order valence-electron chi connectivity index (χ4n) is 3.70. The van der Waals surface area contributed by atoms with Gasteiger partial charge in [-0.05, 0) is 49.9 Å². The number of carbonyl (C=O) groups excluding carboxylic acids is 2. The molecule has 2 atom stereocenters. The van der Waals surface area contributed by atoms with E-state index in [1.165, 1.54) is 4.90 Å². The number of para-hydroxylation sites is 1. The van der Waals surface area contributed by atoms with Gasteiger partial charge < -0.3 is 10.2 Å². The number of hydrogen-bond donors (Lipinski definition) is 1. The van der Waals surface area contributed by atoms with Gasteiger partial charge in [-0.3, -0.25) is 13.9 Å². The highest BCUT2D eigenvalue weighted by molar-refractivity contribution is 7.92. The van der Waals surface area contributed by atoms with Crippen molar-refractivity contribution in [3.05, 3.63) is 63.6 Å². The van der Waals surface area contributed by atoms with Crippen LogP contribution < -0.4 is 9.62 Å². The minimum absolute atomic E-state index is 0.0267. The minimum atomic E-state index is -3.83. The van der Waals surface area contributed by atoms with Crippen LogP contribution in [-0.4, -0.2) is 50.0 Å². The minimum Gasteiger partial charge on any atom is -0.352 e. The molecule has 2 aromatic carbocycles. The Morgan fingerprint density at radius 3 is 2.08 bits per heavy atom. The molecule has 36 heavy (non-hydrogen) atoms. The van der Waals surface area contributed by atoms with Gasteiger partial charge in [0.05, 0.1) is 11.9 Å². The van der Waals surface area contributed by atoms with Crippen LogP contribution in [0.2, 0.25) is 10.0 Å². The highest BCUT2D eigenvalue weighted by atomic mass is 35.5. The molecule has 0 aliphatic rings. The SMILES string of the molecule is CC[C@H](C)NC(=O)[C@H](C)N(Cc1c(Cl)cccc1Cl)C(=O)CN(c1ccccc1C(C)C)S(C)(=O)=O. The van der Waals surface area contributed by atoms with Crippen molar-refractivity contribution in [2.45, 2.75) is 65.6 Å². The van der Waals surface area contributed by atoms with Gasteiger partial charge in [0.1, 0.15) is 12.6 Å².